The molecule has 17 heavy (non-hydrogen) atoms. The molecule has 2 nitrogen and oxygen atoms in total. The molecule has 1 saturated heterocycles. The van der Waals surface area contributed by atoms with Gasteiger partial charge in [0, 0.05) is 19.7 Å². The molecular formula is C13H17Cl2NO. The fraction of sp³-hybridized carbons (Fsp3) is 0.538. The van der Waals surface area contributed by atoms with Crippen LogP contribution in [0.3, 0.4) is 0 Å². The molecule has 1 N–H and O–H groups in total. The summed E-state index contributed by atoms with van der Waals surface area (Å²) >= 11 is 11.8. The molecule has 94 valence electrons. The number of hydrogen-bond donors (Lipinski definition) is 1. The second-order valence-electron chi connectivity index (χ2n) is 4.37. The molecule has 1 aromatic rings. The predicted octanol–water partition coefficient (Wildman–Crippen LogP) is 3.65. The number of benzene rings is 1. The van der Waals surface area contributed by atoms with Gasteiger partial charge in [0.15, 0.2) is 0 Å². The van der Waals surface area contributed by atoms with Gasteiger partial charge in [0.25, 0.3) is 0 Å². The van der Waals surface area contributed by atoms with Gasteiger partial charge in [0.2, 0.25) is 0 Å². The molecule has 0 aromatic heterocycles. The summed E-state index contributed by atoms with van der Waals surface area (Å²) in [6, 6.07) is 5.72. The van der Waals surface area contributed by atoms with Crippen LogP contribution in [0.4, 0.5) is 0 Å². The van der Waals surface area contributed by atoms with E-state index in [1.165, 1.54) is 12.8 Å². The molecule has 1 fully saturated rings. The smallest absolute Gasteiger partial charge is 0.0699 e. The lowest BCUT2D eigenvalue weighted by molar-refractivity contribution is 0.0168. The number of nitrogens with one attached hydrogen (secondary N) is 1. The summed E-state index contributed by atoms with van der Waals surface area (Å²) in [4.78, 5) is 0. The van der Waals surface area contributed by atoms with Crippen molar-refractivity contribution in [2.45, 2.75) is 31.9 Å². The lowest BCUT2D eigenvalue weighted by Gasteiger charge is -2.22. The van der Waals surface area contributed by atoms with Gasteiger partial charge in [-0.1, -0.05) is 29.3 Å². The maximum Gasteiger partial charge on any atom is 0.0699 e. The summed E-state index contributed by atoms with van der Waals surface area (Å²) in [6.45, 7) is 2.61. The minimum absolute atomic E-state index is 0.367. The van der Waals surface area contributed by atoms with Crippen molar-refractivity contribution in [3.05, 3.63) is 33.8 Å². The van der Waals surface area contributed by atoms with Crippen LogP contribution in [0.15, 0.2) is 18.2 Å². The van der Waals surface area contributed by atoms with Gasteiger partial charge in [0.05, 0.1) is 16.1 Å². The Morgan fingerprint density at radius 2 is 2.12 bits per heavy atom. The number of ether oxygens (including phenoxy) is 1. The molecule has 1 aliphatic heterocycles. The van der Waals surface area contributed by atoms with Crippen LogP contribution in [-0.4, -0.2) is 19.3 Å². The average Bonchev–Trinajstić information content (AvgIpc) is 2.35. The fourth-order valence-electron chi connectivity index (χ4n) is 2.00. The van der Waals surface area contributed by atoms with Crippen LogP contribution in [0.25, 0.3) is 0 Å². The van der Waals surface area contributed by atoms with Gasteiger partial charge >= 0.3 is 0 Å². The summed E-state index contributed by atoms with van der Waals surface area (Å²) in [7, 11) is 0. The van der Waals surface area contributed by atoms with Gasteiger partial charge in [-0.15, -0.1) is 0 Å². The standard InChI is InChI=1S/C13H17Cl2NO/c14-12-5-4-10(7-13(12)15)8-16-9-11-3-1-2-6-17-11/h4-5,7,11,16H,1-3,6,8-9H2. The highest BCUT2D eigenvalue weighted by Gasteiger charge is 2.12. The Labute approximate surface area is 112 Å². The second kappa shape index (κ2) is 6.60. The highest BCUT2D eigenvalue weighted by atomic mass is 35.5. The maximum absolute atomic E-state index is 5.96. The molecule has 0 aliphatic carbocycles. The topological polar surface area (TPSA) is 21.3 Å². The Bertz CT molecular complexity index is 364. The van der Waals surface area contributed by atoms with Crippen LogP contribution >= 0.6 is 23.2 Å². The monoisotopic (exact) mass is 273 g/mol. The van der Waals surface area contributed by atoms with E-state index in [1.807, 2.05) is 18.2 Å². The SMILES string of the molecule is Clc1ccc(CNCC2CCCCO2)cc1Cl. The first-order valence-corrected chi connectivity index (χ1v) is 6.77. The van der Waals surface area contributed by atoms with E-state index in [-0.39, 0.29) is 0 Å². The third-order valence-corrected chi connectivity index (χ3v) is 3.70. The van der Waals surface area contributed by atoms with Crippen molar-refractivity contribution in [3.63, 3.8) is 0 Å². The molecule has 2 rings (SSSR count). The number of hydrogen-bond acceptors (Lipinski definition) is 2. The molecule has 1 unspecified atom stereocenters. The highest BCUT2D eigenvalue weighted by molar-refractivity contribution is 6.42. The first kappa shape index (κ1) is 13.2. The largest absolute Gasteiger partial charge is 0.377 e. The normalized spacial score (nSPS) is 20.5. The molecule has 0 spiro atoms. The lowest BCUT2D eigenvalue weighted by Crippen LogP contribution is -2.31. The number of rotatable bonds is 4. The van der Waals surface area contributed by atoms with E-state index in [0.717, 1.165) is 31.7 Å². The van der Waals surface area contributed by atoms with E-state index in [0.29, 0.717) is 16.1 Å². The van der Waals surface area contributed by atoms with E-state index >= 15 is 0 Å². The molecule has 0 saturated carbocycles. The summed E-state index contributed by atoms with van der Waals surface area (Å²) < 4.78 is 5.65. The molecule has 4 heteroatoms. The van der Waals surface area contributed by atoms with Crippen LogP contribution < -0.4 is 5.32 Å². The van der Waals surface area contributed by atoms with E-state index in [4.69, 9.17) is 27.9 Å². The zero-order chi connectivity index (χ0) is 12.1. The van der Waals surface area contributed by atoms with E-state index < -0.39 is 0 Å². The molecule has 0 amide bonds. The van der Waals surface area contributed by atoms with Gasteiger partial charge in [-0.3, -0.25) is 0 Å². The summed E-state index contributed by atoms with van der Waals surface area (Å²) in [6.07, 6.45) is 4.00. The Morgan fingerprint density at radius 3 is 2.82 bits per heavy atom. The van der Waals surface area contributed by atoms with Crippen LogP contribution in [-0.2, 0) is 11.3 Å². The molecule has 1 heterocycles. The van der Waals surface area contributed by atoms with Crippen molar-refractivity contribution in [2.24, 2.45) is 0 Å². The molecule has 0 bridgehead atoms. The van der Waals surface area contributed by atoms with E-state index in [9.17, 15) is 0 Å². The number of halogens is 2. The van der Waals surface area contributed by atoms with Gasteiger partial charge in [-0.25, -0.2) is 0 Å². The second-order valence-corrected chi connectivity index (χ2v) is 5.18. The first-order valence-electron chi connectivity index (χ1n) is 6.02. The Balaban J connectivity index is 1.75. The van der Waals surface area contributed by atoms with Gasteiger partial charge < -0.3 is 10.1 Å². The fourth-order valence-corrected chi connectivity index (χ4v) is 2.32. The summed E-state index contributed by atoms with van der Waals surface area (Å²) in [5.74, 6) is 0. The third-order valence-electron chi connectivity index (χ3n) is 2.96. The average molecular weight is 274 g/mol. The summed E-state index contributed by atoms with van der Waals surface area (Å²) in [5, 5.41) is 4.61. The van der Waals surface area contributed by atoms with E-state index in [1.54, 1.807) is 0 Å². The third kappa shape index (κ3) is 4.14. The quantitative estimate of drug-likeness (QED) is 0.904. The molecule has 1 atom stereocenters. The minimum Gasteiger partial charge on any atom is -0.377 e. The summed E-state index contributed by atoms with van der Waals surface area (Å²) in [5.41, 5.74) is 1.15. The van der Waals surface area contributed by atoms with E-state index in [2.05, 4.69) is 5.32 Å². The van der Waals surface area contributed by atoms with Crippen molar-refractivity contribution in [3.8, 4) is 0 Å². The van der Waals surface area contributed by atoms with Gasteiger partial charge in [-0.2, -0.15) is 0 Å². The van der Waals surface area contributed by atoms with Crippen molar-refractivity contribution in [1.29, 1.82) is 0 Å². The van der Waals surface area contributed by atoms with Crippen molar-refractivity contribution in [1.82, 2.24) is 5.32 Å². The van der Waals surface area contributed by atoms with Gasteiger partial charge in [-0.05, 0) is 37.0 Å². The van der Waals surface area contributed by atoms with Crippen LogP contribution in [0, 0.1) is 0 Å². The highest BCUT2D eigenvalue weighted by Crippen LogP contribution is 2.22. The Morgan fingerprint density at radius 1 is 1.24 bits per heavy atom. The van der Waals surface area contributed by atoms with Crippen molar-refractivity contribution in [2.75, 3.05) is 13.2 Å². The molecule has 1 aromatic carbocycles. The Kier molecular flexibility index (Phi) is 5.11. The minimum atomic E-state index is 0.367. The molecule has 0 radical (unpaired) electrons. The van der Waals surface area contributed by atoms with Crippen molar-refractivity contribution < 1.29 is 4.74 Å². The van der Waals surface area contributed by atoms with Crippen LogP contribution in [0.5, 0.6) is 0 Å². The van der Waals surface area contributed by atoms with Gasteiger partial charge in [0.1, 0.15) is 0 Å². The zero-order valence-electron chi connectivity index (χ0n) is 9.72. The zero-order valence-corrected chi connectivity index (χ0v) is 11.2. The maximum atomic E-state index is 5.96. The first-order chi connectivity index (χ1) is 8.25. The molecule has 1 aliphatic rings. The predicted molar refractivity (Wildman–Crippen MR) is 71.8 cm³/mol. The van der Waals surface area contributed by atoms with Crippen molar-refractivity contribution >= 4 is 23.2 Å². The van der Waals surface area contributed by atoms with Crippen LogP contribution in [0.1, 0.15) is 24.8 Å². The Hall–Kier alpha value is -0.280. The van der Waals surface area contributed by atoms with Crippen LogP contribution in [0.2, 0.25) is 10.0 Å². The lowest BCUT2D eigenvalue weighted by atomic mass is 10.1. The molecular weight excluding hydrogens is 257 g/mol.